The van der Waals surface area contributed by atoms with Gasteiger partial charge in [0.2, 0.25) is 11.8 Å². The van der Waals surface area contributed by atoms with Gasteiger partial charge in [0.05, 0.1) is 12.6 Å². The van der Waals surface area contributed by atoms with Crippen LogP contribution in [-0.4, -0.2) is 54.3 Å². The summed E-state index contributed by atoms with van der Waals surface area (Å²) >= 11 is 0. The summed E-state index contributed by atoms with van der Waals surface area (Å²) in [7, 11) is 0. The number of carbonyl (C=O) groups excluding carboxylic acids is 2. The molecule has 1 atom stereocenters. The van der Waals surface area contributed by atoms with Crippen LogP contribution in [0.5, 0.6) is 0 Å². The zero-order valence-electron chi connectivity index (χ0n) is 19.8. The quantitative estimate of drug-likeness (QED) is 0.702. The van der Waals surface area contributed by atoms with Crippen molar-refractivity contribution in [3.8, 4) is 11.1 Å². The molecule has 4 rings (SSSR count). The largest absolute Gasteiger partial charge is 0.348 e. The third kappa shape index (κ3) is 6.44. The fourth-order valence-electron chi connectivity index (χ4n) is 5.06. The summed E-state index contributed by atoms with van der Waals surface area (Å²) in [5, 5.41) is 3.14. The molecule has 5 nitrogen and oxygen atoms in total. The molecule has 33 heavy (non-hydrogen) atoms. The first-order chi connectivity index (χ1) is 16.1. The fraction of sp³-hybridized carbons (Fsp3) is 0.500. The number of carbonyl (C=O) groups is 2. The zero-order chi connectivity index (χ0) is 23.0. The summed E-state index contributed by atoms with van der Waals surface area (Å²) < 4.78 is 0. The van der Waals surface area contributed by atoms with Gasteiger partial charge in [0.1, 0.15) is 0 Å². The van der Waals surface area contributed by atoms with Gasteiger partial charge in [-0.3, -0.25) is 14.5 Å². The van der Waals surface area contributed by atoms with Crippen LogP contribution in [0.25, 0.3) is 11.1 Å². The highest BCUT2D eigenvalue weighted by Crippen LogP contribution is 2.23. The van der Waals surface area contributed by atoms with E-state index in [1.165, 1.54) is 24.0 Å². The molecule has 0 unspecified atom stereocenters. The summed E-state index contributed by atoms with van der Waals surface area (Å²) in [6.45, 7) is 5.91. The monoisotopic (exact) mass is 447 g/mol. The molecule has 2 aromatic carbocycles. The lowest BCUT2D eigenvalue weighted by molar-refractivity contribution is -0.137. The van der Waals surface area contributed by atoms with Crippen LogP contribution in [0.4, 0.5) is 0 Å². The average molecular weight is 448 g/mol. The molecule has 5 heteroatoms. The molecule has 2 aliphatic heterocycles. The second-order valence-corrected chi connectivity index (χ2v) is 9.57. The predicted molar refractivity (Wildman–Crippen MR) is 133 cm³/mol. The molecule has 2 saturated heterocycles. The van der Waals surface area contributed by atoms with Gasteiger partial charge in [-0.25, -0.2) is 0 Å². The lowest BCUT2D eigenvalue weighted by Gasteiger charge is -2.33. The van der Waals surface area contributed by atoms with Crippen molar-refractivity contribution in [1.82, 2.24) is 15.1 Å². The van der Waals surface area contributed by atoms with Crippen molar-refractivity contribution in [1.29, 1.82) is 0 Å². The molecule has 0 saturated carbocycles. The Kier molecular flexibility index (Phi) is 8.16. The molecular formula is C28H37N3O2. The maximum atomic E-state index is 12.9. The van der Waals surface area contributed by atoms with Crippen molar-refractivity contribution in [3.05, 3.63) is 60.2 Å². The normalized spacial score (nSPS) is 19.0. The van der Waals surface area contributed by atoms with Gasteiger partial charge in [-0.1, -0.05) is 67.4 Å². The maximum absolute atomic E-state index is 12.9. The Balaban J connectivity index is 1.22. The predicted octanol–water partition coefficient (Wildman–Crippen LogP) is 4.65. The summed E-state index contributed by atoms with van der Waals surface area (Å²) in [5.74, 6) is 0.518. The second kappa shape index (κ2) is 11.5. The molecule has 2 aromatic rings. The van der Waals surface area contributed by atoms with E-state index in [4.69, 9.17) is 0 Å². The van der Waals surface area contributed by atoms with Gasteiger partial charge in [0, 0.05) is 19.0 Å². The van der Waals surface area contributed by atoms with Crippen LogP contribution in [0.1, 0.15) is 57.1 Å². The molecule has 0 spiro atoms. The molecule has 2 amide bonds. The van der Waals surface area contributed by atoms with Gasteiger partial charge in [-0.15, -0.1) is 0 Å². The number of nitrogens with zero attached hydrogens (tertiary/aromatic N) is 2. The SMILES string of the molecule is C[C@@H](NC(=O)CN1CCC(C(=O)N2CCCCCC2)CC1)c1ccc(-c2ccccc2)cc1. The number of hydrogen-bond acceptors (Lipinski definition) is 3. The Morgan fingerprint density at radius 2 is 1.45 bits per heavy atom. The third-order valence-electron chi connectivity index (χ3n) is 7.12. The number of nitrogens with one attached hydrogen (secondary N) is 1. The Morgan fingerprint density at radius 1 is 0.848 bits per heavy atom. The zero-order valence-corrected chi connectivity index (χ0v) is 19.8. The second-order valence-electron chi connectivity index (χ2n) is 9.57. The van der Waals surface area contributed by atoms with E-state index in [9.17, 15) is 9.59 Å². The standard InChI is InChI=1S/C28H37N3O2/c1-22(23-11-13-25(14-12-23)24-9-5-4-6-10-24)29-27(32)21-30-19-15-26(16-20-30)28(33)31-17-7-2-3-8-18-31/h4-6,9-14,22,26H,2-3,7-8,15-21H2,1H3,(H,29,32)/t22-/m1/s1. The maximum Gasteiger partial charge on any atom is 0.234 e. The minimum absolute atomic E-state index is 0.0375. The van der Waals surface area contributed by atoms with Gasteiger partial charge < -0.3 is 10.2 Å². The average Bonchev–Trinajstić information content (AvgIpc) is 3.14. The highest BCUT2D eigenvalue weighted by molar-refractivity contribution is 5.80. The van der Waals surface area contributed by atoms with Crippen LogP contribution in [0, 0.1) is 5.92 Å². The Bertz CT molecular complexity index is 896. The van der Waals surface area contributed by atoms with Gasteiger partial charge in [0.25, 0.3) is 0 Å². The molecule has 2 heterocycles. The van der Waals surface area contributed by atoms with Crippen molar-refractivity contribution in [2.45, 2.75) is 51.5 Å². The lowest BCUT2D eigenvalue weighted by atomic mass is 9.95. The molecular weight excluding hydrogens is 410 g/mol. The minimum Gasteiger partial charge on any atom is -0.348 e. The van der Waals surface area contributed by atoms with Crippen LogP contribution >= 0.6 is 0 Å². The van der Waals surface area contributed by atoms with E-state index >= 15 is 0 Å². The molecule has 0 aliphatic carbocycles. The Labute approximate surface area is 198 Å². The van der Waals surface area contributed by atoms with Crippen molar-refractivity contribution < 1.29 is 9.59 Å². The van der Waals surface area contributed by atoms with E-state index in [1.54, 1.807) is 0 Å². The molecule has 0 aromatic heterocycles. The fourth-order valence-corrected chi connectivity index (χ4v) is 5.06. The minimum atomic E-state index is -0.0375. The van der Waals surface area contributed by atoms with E-state index in [0.717, 1.165) is 57.4 Å². The van der Waals surface area contributed by atoms with Crippen molar-refractivity contribution >= 4 is 11.8 Å². The first-order valence-corrected chi connectivity index (χ1v) is 12.6. The van der Waals surface area contributed by atoms with Gasteiger partial charge in [0.15, 0.2) is 0 Å². The van der Waals surface area contributed by atoms with Crippen LogP contribution < -0.4 is 5.32 Å². The van der Waals surface area contributed by atoms with Crippen LogP contribution in [0.15, 0.2) is 54.6 Å². The Morgan fingerprint density at radius 3 is 2.09 bits per heavy atom. The van der Waals surface area contributed by atoms with E-state index in [0.29, 0.717) is 12.5 Å². The highest BCUT2D eigenvalue weighted by Gasteiger charge is 2.29. The first kappa shape index (κ1) is 23.5. The number of likely N-dealkylation sites (tertiary alicyclic amines) is 2. The van der Waals surface area contributed by atoms with Crippen molar-refractivity contribution in [2.24, 2.45) is 5.92 Å². The Hall–Kier alpha value is -2.66. The van der Waals surface area contributed by atoms with Crippen LogP contribution in [-0.2, 0) is 9.59 Å². The number of rotatable bonds is 6. The number of benzene rings is 2. The third-order valence-corrected chi connectivity index (χ3v) is 7.12. The van der Waals surface area contributed by atoms with E-state index < -0.39 is 0 Å². The summed E-state index contributed by atoms with van der Waals surface area (Å²) in [6.07, 6.45) is 6.48. The summed E-state index contributed by atoms with van der Waals surface area (Å²) in [5.41, 5.74) is 3.47. The molecule has 2 aliphatic rings. The van der Waals surface area contributed by atoms with Gasteiger partial charge in [-0.05, 0) is 62.4 Å². The molecule has 1 N–H and O–H groups in total. The number of amides is 2. The molecule has 176 valence electrons. The lowest BCUT2D eigenvalue weighted by Crippen LogP contribution is -2.45. The van der Waals surface area contributed by atoms with E-state index in [2.05, 4.69) is 51.5 Å². The number of hydrogen-bond donors (Lipinski definition) is 1. The highest BCUT2D eigenvalue weighted by atomic mass is 16.2. The smallest absolute Gasteiger partial charge is 0.234 e. The molecule has 0 radical (unpaired) electrons. The van der Waals surface area contributed by atoms with Crippen molar-refractivity contribution in [3.63, 3.8) is 0 Å². The van der Waals surface area contributed by atoms with Gasteiger partial charge >= 0.3 is 0 Å². The van der Waals surface area contributed by atoms with Crippen LogP contribution in [0.2, 0.25) is 0 Å². The van der Waals surface area contributed by atoms with E-state index in [-0.39, 0.29) is 17.9 Å². The topological polar surface area (TPSA) is 52.7 Å². The van der Waals surface area contributed by atoms with E-state index in [1.807, 2.05) is 25.1 Å². The number of piperidine rings is 1. The first-order valence-electron chi connectivity index (χ1n) is 12.6. The van der Waals surface area contributed by atoms with Crippen molar-refractivity contribution in [2.75, 3.05) is 32.7 Å². The van der Waals surface area contributed by atoms with Crippen LogP contribution in [0.3, 0.4) is 0 Å². The van der Waals surface area contributed by atoms with Gasteiger partial charge in [-0.2, -0.15) is 0 Å². The molecule has 0 bridgehead atoms. The summed E-state index contributed by atoms with van der Waals surface area (Å²) in [4.78, 5) is 29.8. The summed E-state index contributed by atoms with van der Waals surface area (Å²) in [6, 6.07) is 18.7. The molecule has 2 fully saturated rings.